The molecule has 0 bridgehead atoms. The molecule has 2 N–H and O–H groups in total. The zero-order chi connectivity index (χ0) is 36.8. The Bertz CT molecular complexity index is 2040. The van der Waals surface area contributed by atoms with E-state index in [4.69, 9.17) is 4.74 Å². The van der Waals surface area contributed by atoms with Crippen molar-refractivity contribution in [2.75, 3.05) is 62.2 Å². The Labute approximate surface area is 316 Å². The lowest BCUT2D eigenvalue weighted by Gasteiger charge is -2.40. The molecule has 5 heterocycles. The predicted octanol–water partition coefficient (Wildman–Crippen LogP) is 5.50. The van der Waals surface area contributed by atoms with Crippen LogP contribution in [0, 0.1) is 5.92 Å². The van der Waals surface area contributed by atoms with E-state index >= 15 is 0 Å². The van der Waals surface area contributed by atoms with Gasteiger partial charge in [0.05, 0.1) is 6.61 Å². The van der Waals surface area contributed by atoms with E-state index < -0.39 is 6.04 Å². The van der Waals surface area contributed by atoms with Crippen molar-refractivity contribution in [3.63, 3.8) is 0 Å². The van der Waals surface area contributed by atoms with Gasteiger partial charge in [0.15, 0.2) is 0 Å². The van der Waals surface area contributed by atoms with Gasteiger partial charge in [0, 0.05) is 99.2 Å². The van der Waals surface area contributed by atoms with Crippen LogP contribution in [0.3, 0.4) is 0 Å². The summed E-state index contributed by atoms with van der Waals surface area (Å²) in [4.78, 5) is 46.4. The summed E-state index contributed by atoms with van der Waals surface area (Å²) in [6.07, 6.45) is 2.99. The van der Waals surface area contributed by atoms with Crippen LogP contribution in [0.2, 0.25) is 0 Å². The number of ether oxygens (including phenoxy) is 1. The van der Waals surface area contributed by atoms with Gasteiger partial charge in [0.25, 0.3) is 5.91 Å². The fourth-order valence-corrected chi connectivity index (χ4v) is 9.38. The molecule has 0 aromatic heterocycles. The van der Waals surface area contributed by atoms with Crippen LogP contribution in [0.25, 0.3) is 0 Å². The van der Waals surface area contributed by atoms with Gasteiger partial charge in [-0.2, -0.15) is 0 Å². The molecule has 0 radical (unpaired) electrons. The van der Waals surface area contributed by atoms with Crippen molar-refractivity contribution in [1.82, 2.24) is 15.1 Å². The molecule has 3 amide bonds. The van der Waals surface area contributed by atoms with E-state index in [1.165, 1.54) is 29.7 Å². The van der Waals surface area contributed by atoms with Crippen molar-refractivity contribution < 1.29 is 24.2 Å². The Balaban J connectivity index is 0.780. The summed E-state index contributed by atoms with van der Waals surface area (Å²) in [5.41, 5.74) is 7.65. The van der Waals surface area contributed by atoms with E-state index in [0.29, 0.717) is 31.1 Å². The van der Waals surface area contributed by atoms with Crippen LogP contribution in [0.5, 0.6) is 11.5 Å². The number of hydrogen-bond acceptors (Lipinski definition) is 8. The van der Waals surface area contributed by atoms with Gasteiger partial charge in [-0.15, -0.1) is 0 Å². The molecule has 3 atom stereocenters. The van der Waals surface area contributed by atoms with Crippen LogP contribution < -0.4 is 19.9 Å². The number of rotatable bonds is 7. The lowest BCUT2D eigenvalue weighted by molar-refractivity contribution is -0.136. The minimum atomic E-state index is -0.589. The van der Waals surface area contributed by atoms with E-state index in [0.717, 1.165) is 68.4 Å². The SMILES string of the molecule is O=C1CCC(N2Cc3cc(N4CCN(CC5CCN(c6ccc(C7c8ccc(O)cc8OC[C@@H]7c7ccccc7)cc6)CC5)CC4)ccc3C2=O)C(=O)N1. The highest BCUT2D eigenvalue weighted by Crippen LogP contribution is 2.47. The number of hydrogen-bond donors (Lipinski definition) is 2. The normalized spacial score (nSPS) is 23.5. The lowest BCUT2D eigenvalue weighted by Crippen LogP contribution is -2.52. The number of phenolic OH excluding ortho intramolecular Hbond substituents is 1. The number of phenols is 1. The molecular formula is C44H47N5O5. The molecule has 4 aromatic carbocycles. The van der Waals surface area contributed by atoms with Crippen LogP contribution in [-0.4, -0.2) is 91.1 Å². The second-order valence-electron chi connectivity index (χ2n) is 15.6. The number of carbonyl (C=O) groups excluding carboxylic acids is 3. The summed E-state index contributed by atoms with van der Waals surface area (Å²) < 4.78 is 6.17. The third-order valence-corrected chi connectivity index (χ3v) is 12.4. The van der Waals surface area contributed by atoms with Crippen molar-refractivity contribution in [2.45, 2.75) is 50.1 Å². The second-order valence-corrected chi connectivity index (χ2v) is 15.6. The number of anilines is 2. The van der Waals surface area contributed by atoms with Gasteiger partial charge >= 0.3 is 0 Å². The van der Waals surface area contributed by atoms with E-state index in [9.17, 15) is 19.5 Å². The standard InChI is InChI=1S/C44H47N5O5/c50-35-11-13-37-40(25-35)54-28-38(30-4-2-1-3-5-30)42(37)31-6-8-33(9-7-31)47-18-16-29(17-19-47)26-46-20-22-48(23-21-46)34-10-12-36-32(24-34)27-49(44(36)53)39-14-15-41(51)45-43(39)52/h1-13,24-25,29,38-39,42,50H,14-23,26-28H2,(H,45,51,52)/t38-,39?,42?/m1/s1. The first-order valence-electron chi connectivity index (χ1n) is 19.5. The molecule has 0 spiro atoms. The summed E-state index contributed by atoms with van der Waals surface area (Å²) in [6, 6.07) is 30.7. The number of amides is 3. The van der Waals surface area contributed by atoms with Gasteiger partial charge in [-0.25, -0.2) is 0 Å². The number of benzene rings is 4. The number of fused-ring (bicyclic) bond motifs is 2. The molecule has 278 valence electrons. The highest BCUT2D eigenvalue weighted by atomic mass is 16.5. The van der Waals surface area contributed by atoms with Gasteiger partial charge in [-0.3, -0.25) is 24.6 Å². The first kappa shape index (κ1) is 34.4. The topological polar surface area (TPSA) is 106 Å². The molecule has 3 fully saturated rings. The average Bonchev–Trinajstić information content (AvgIpc) is 3.53. The van der Waals surface area contributed by atoms with Crippen LogP contribution in [0.4, 0.5) is 11.4 Å². The van der Waals surface area contributed by atoms with Crippen molar-refractivity contribution in [1.29, 1.82) is 0 Å². The summed E-state index contributed by atoms with van der Waals surface area (Å²) in [6.45, 7) is 8.12. The van der Waals surface area contributed by atoms with Crippen LogP contribution in [-0.2, 0) is 16.1 Å². The van der Waals surface area contributed by atoms with Crippen LogP contribution in [0.1, 0.15) is 70.1 Å². The maximum absolute atomic E-state index is 13.1. The Hall–Kier alpha value is -5.35. The number of imide groups is 1. The predicted molar refractivity (Wildman–Crippen MR) is 207 cm³/mol. The number of nitrogens with zero attached hydrogens (tertiary/aromatic N) is 4. The van der Waals surface area contributed by atoms with Gasteiger partial charge in [0.2, 0.25) is 11.8 Å². The molecule has 5 aliphatic rings. The van der Waals surface area contributed by atoms with E-state index in [1.54, 1.807) is 17.0 Å². The first-order chi connectivity index (χ1) is 26.4. The van der Waals surface area contributed by atoms with Crippen molar-refractivity contribution >= 4 is 29.1 Å². The number of aromatic hydroxyl groups is 1. The Kier molecular flexibility index (Phi) is 9.22. The molecule has 10 nitrogen and oxygen atoms in total. The molecule has 4 aromatic rings. The quantitative estimate of drug-likeness (QED) is 0.241. The van der Waals surface area contributed by atoms with Gasteiger partial charge in [0.1, 0.15) is 17.5 Å². The van der Waals surface area contributed by atoms with Crippen molar-refractivity contribution in [3.05, 3.63) is 119 Å². The second kappa shape index (κ2) is 14.5. The smallest absolute Gasteiger partial charge is 0.255 e. The first-order valence-corrected chi connectivity index (χ1v) is 19.5. The molecular weight excluding hydrogens is 679 g/mol. The number of piperazine rings is 1. The summed E-state index contributed by atoms with van der Waals surface area (Å²) in [7, 11) is 0. The van der Waals surface area contributed by atoms with Crippen LogP contribution in [0.15, 0.2) is 91.0 Å². The van der Waals surface area contributed by atoms with Crippen molar-refractivity contribution in [3.8, 4) is 11.5 Å². The summed E-state index contributed by atoms with van der Waals surface area (Å²) in [5, 5.41) is 12.5. The molecule has 5 aliphatic heterocycles. The maximum Gasteiger partial charge on any atom is 0.255 e. The van der Waals surface area contributed by atoms with E-state index in [-0.39, 0.29) is 41.7 Å². The monoisotopic (exact) mass is 725 g/mol. The van der Waals surface area contributed by atoms with Gasteiger partial charge < -0.3 is 24.5 Å². The molecule has 3 saturated heterocycles. The fourth-order valence-electron chi connectivity index (χ4n) is 9.38. The van der Waals surface area contributed by atoms with E-state index in [1.807, 2.05) is 18.2 Å². The summed E-state index contributed by atoms with van der Waals surface area (Å²) in [5.74, 6) is 1.22. The molecule has 10 heteroatoms. The number of piperidine rings is 2. The molecule has 0 aliphatic carbocycles. The Morgan fingerprint density at radius 2 is 1.48 bits per heavy atom. The van der Waals surface area contributed by atoms with Gasteiger partial charge in [-0.05, 0) is 78.3 Å². The van der Waals surface area contributed by atoms with Gasteiger partial charge in [-0.1, -0.05) is 48.5 Å². The lowest BCUT2D eigenvalue weighted by atomic mass is 9.76. The Morgan fingerprint density at radius 1 is 0.741 bits per heavy atom. The average molecular weight is 726 g/mol. The molecule has 0 saturated carbocycles. The molecule has 54 heavy (non-hydrogen) atoms. The number of nitrogens with one attached hydrogen (secondary N) is 1. The third-order valence-electron chi connectivity index (χ3n) is 12.4. The third kappa shape index (κ3) is 6.68. The number of carbonyl (C=O) groups is 3. The van der Waals surface area contributed by atoms with Crippen molar-refractivity contribution in [2.24, 2.45) is 5.92 Å². The van der Waals surface area contributed by atoms with Crippen LogP contribution >= 0.6 is 0 Å². The highest BCUT2D eigenvalue weighted by molar-refractivity contribution is 6.05. The minimum Gasteiger partial charge on any atom is -0.508 e. The maximum atomic E-state index is 13.1. The largest absolute Gasteiger partial charge is 0.508 e. The zero-order valence-corrected chi connectivity index (χ0v) is 30.5. The molecule has 2 unspecified atom stereocenters. The zero-order valence-electron chi connectivity index (χ0n) is 30.5. The Morgan fingerprint density at radius 3 is 2.24 bits per heavy atom. The summed E-state index contributed by atoms with van der Waals surface area (Å²) >= 11 is 0. The minimum absolute atomic E-state index is 0.125. The van der Waals surface area contributed by atoms with E-state index in [2.05, 4.69) is 80.7 Å². The highest BCUT2D eigenvalue weighted by Gasteiger charge is 2.39. The fraction of sp³-hybridized carbons (Fsp3) is 0.386. The molecule has 9 rings (SSSR count).